The molecule has 2 saturated carbocycles. The van der Waals surface area contributed by atoms with Crippen molar-refractivity contribution in [2.45, 2.75) is 69.5 Å². The summed E-state index contributed by atoms with van der Waals surface area (Å²) < 4.78 is 1.60. The summed E-state index contributed by atoms with van der Waals surface area (Å²) in [6.45, 7) is 1.72. The molecule has 2 aliphatic carbocycles. The van der Waals surface area contributed by atoms with Gasteiger partial charge in [-0.1, -0.05) is 11.6 Å². The van der Waals surface area contributed by atoms with Crippen LogP contribution in [0.15, 0.2) is 30.6 Å². The van der Waals surface area contributed by atoms with E-state index in [2.05, 4.69) is 44.9 Å². The van der Waals surface area contributed by atoms with Crippen LogP contribution in [0.25, 0.3) is 5.65 Å². The fourth-order valence-corrected chi connectivity index (χ4v) is 6.08. The van der Waals surface area contributed by atoms with Gasteiger partial charge in [0.25, 0.3) is 5.91 Å². The van der Waals surface area contributed by atoms with Crippen LogP contribution in [0.1, 0.15) is 61.9 Å². The highest BCUT2D eigenvalue weighted by atomic mass is 35.5. The highest BCUT2D eigenvalue weighted by Crippen LogP contribution is 2.32. The first-order valence-electron chi connectivity index (χ1n) is 14.6. The summed E-state index contributed by atoms with van der Waals surface area (Å²) in [5.74, 6) is 1.09. The molecule has 2 amide bonds. The average Bonchev–Trinajstić information content (AvgIpc) is 3.42. The van der Waals surface area contributed by atoms with Crippen molar-refractivity contribution in [3.8, 4) is 0 Å². The molecule has 0 bridgehead atoms. The van der Waals surface area contributed by atoms with Gasteiger partial charge in [-0.25, -0.2) is 14.5 Å². The molecule has 4 heterocycles. The van der Waals surface area contributed by atoms with Gasteiger partial charge in [-0.3, -0.25) is 9.59 Å². The van der Waals surface area contributed by atoms with Gasteiger partial charge in [0, 0.05) is 55.6 Å². The second-order valence-electron chi connectivity index (χ2n) is 11.9. The first kappa shape index (κ1) is 27.7. The second kappa shape index (κ2) is 11.8. The fourth-order valence-electron chi connectivity index (χ4n) is 5.91. The summed E-state index contributed by atoms with van der Waals surface area (Å²) >= 11 is 5.99. The number of halogens is 1. The van der Waals surface area contributed by atoms with Gasteiger partial charge in [-0.2, -0.15) is 0 Å². The SMILES string of the molecule is CN(C)[C@@H]1CCN(C(=O)CC2CCC(Nc3cc(NC4CC4)c4ncc(C(=O)Nc5ccnc(Cl)c5)n4n3)CC2)C1. The number of amides is 2. The van der Waals surface area contributed by atoms with Gasteiger partial charge in [0.1, 0.15) is 11.0 Å². The quantitative estimate of drug-likeness (QED) is 0.324. The number of aromatic nitrogens is 4. The first-order chi connectivity index (χ1) is 19.8. The Morgan fingerprint density at radius 3 is 2.49 bits per heavy atom. The Morgan fingerprint density at radius 1 is 1.02 bits per heavy atom. The van der Waals surface area contributed by atoms with Crippen LogP contribution in [0.4, 0.5) is 17.2 Å². The third-order valence-corrected chi connectivity index (χ3v) is 8.74. The van der Waals surface area contributed by atoms with Crippen molar-refractivity contribution >= 4 is 46.3 Å². The Morgan fingerprint density at radius 2 is 1.78 bits per heavy atom. The molecule has 1 atom stereocenters. The van der Waals surface area contributed by atoms with Crippen molar-refractivity contribution in [1.29, 1.82) is 0 Å². The molecule has 3 aromatic rings. The van der Waals surface area contributed by atoms with Crippen molar-refractivity contribution in [2.24, 2.45) is 5.92 Å². The monoisotopic (exact) mass is 579 g/mol. The predicted molar refractivity (Wildman–Crippen MR) is 159 cm³/mol. The predicted octanol–water partition coefficient (Wildman–Crippen LogP) is 4.13. The number of carbonyl (C=O) groups excluding carboxylic acids is 2. The summed E-state index contributed by atoms with van der Waals surface area (Å²) in [7, 11) is 4.18. The van der Waals surface area contributed by atoms with Crippen molar-refractivity contribution < 1.29 is 9.59 Å². The molecule has 3 aliphatic rings. The molecule has 1 aliphatic heterocycles. The fraction of sp³-hybridized carbons (Fsp3) is 0.552. The lowest BCUT2D eigenvalue weighted by molar-refractivity contribution is -0.131. The van der Waals surface area contributed by atoms with E-state index in [1.807, 2.05) is 11.0 Å². The molecule has 3 aromatic heterocycles. The minimum absolute atomic E-state index is 0.254. The van der Waals surface area contributed by atoms with Crippen molar-refractivity contribution in [1.82, 2.24) is 29.4 Å². The van der Waals surface area contributed by atoms with Crippen molar-refractivity contribution in [3.63, 3.8) is 0 Å². The number of likely N-dealkylation sites (tertiary alicyclic amines) is 1. The lowest BCUT2D eigenvalue weighted by Gasteiger charge is -2.30. The number of imidazole rings is 1. The maximum absolute atomic E-state index is 13.2. The van der Waals surface area contributed by atoms with Gasteiger partial charge in [0.05, 0.1) is 11.9 Å². The summed E-state index contributed by atoms with van der Waals surface area (Å²) in [6, 6.07) is 6.42. The van der Waals surface area contributed by atoms with E-state index in [1.165, 1.54) is 0 Å². The largest absolute Gasteiger partial charge is 0.379 e. The molecular formula is C29H38ClN9O2. The molecular weight excluding hydrogens is 542 g/mol. The zero-order chi connectivity index (χ0) is 28.5. The molecule has 41 heavy (non-hydrogen) atoms. The zero-order valence-electron chi connectivity index (χ0n) is 23.6. The number of pyridine rings is 1. The highest BCUT2D eigenvalue weighted by molar-refractivity contribution is 6.29. The van der Waals surface area contributed by atoms with Crippen LogP contribution in [0.5, 0.6) is 0 Å². The van der Waals surface area contributed by atoms with E-state index >= 15 is 0 Å². The van der Waals surface area contributed by atoms with E-state index in [0.29, 0.717) is 58.3 Å². The van der Waals surface area contributed by atoms with E-state index in [4.69, 9.17) is 16.7 Å². The highest BCUT2D eigenvalue weighted by Gasteiger charge is 2.31. The summed E-state index contributed by atoms with van der Waals surface area (Å²) in [6.07, 6.45) is 11.0. The normalized spacial score (nSPS) is 22.7. The minimum atomic E-state index is -0.332. The van der Waals surface area contributed by atoms with Crippen LogP contribution in [0, 0.1) is 5.92 Å². The minimum Gasteiger partial charge on any atom is -0.379 e. The lowest BCUT2D eigenvalue weighted by atomic mass is 9.84. The Labute approximate surface area is 245 Å². The van der Waals surface area contributed by atoms with Crippen LogP contribution in [0.2, 0.25) is 5.15 Å². The number of rotatable bonds is 9. The molecule has 218 valence electrons. The van der Waals surface area contributed by atoms with Gasteiger partial charge < -0.3 is 25.8 Å². The number of carbonyl (C=O) groups is 2. The number of fused-ring (bicyclic) bond motifs is 1. The molecule has 3 N–H and O–H groups in total. The Hall–Kier alpha value is -3.44. The maximum Gasteiger partial charge on any atom is 0.276 e. The number of anilines is 3. The standard InChI is InChI=1S/C29H38ClN9O2/c1-37(2)22-10-12-38(17-22)27(40)13-18-3-5-20(6-4-18)34-26-15-23(33-19-7-8-19)28-32-16-24(39(28)36-26)29(41)35-21-9-11-31-25(30)14-21/h9,11,14-16,18-20,22,33H,3-8,10,12-13,17H2,1-2H3,(H,34,36)(H,31,35,41)/t18?,20?,22-/m1/s1. The van der Waals surface area contributed by atoms with Crippen LogP contribution in [-0.2, 0) is 4.79 Å². The Kier molecular flexibility index (Phi) is 7.99. The number of hydrogen-bond donors (Lipinski definition) is 3. The maximum atomic E-state index is 13.2. The van der Waals surface area contributed by atoms with E-state index in [-0.39, 0.29) is 11.9 Å². The van der Waals surface area contributed by atoms with E-state index in [1.54, 1.807) is 29.0 Å². The smallest absolute Gasteiger partial charge is 0.276 e. The van der Waals surface area contributed by atoms with Gasteiger partial charge in [-0.05, 0) is 77.1 Å². The number of nitrogens with zero attached hydrogens (tertiary/aromatic N) is 6. The van der Waals surface area contributed by atoms with Gasteiger partial charge in [0.15, 0.2) is 11.3 Å². The molecule has 12 heteroatoms. The van der Waals surface area contributed by atoms with Gasteiger partial charge in [0.2, 0.25) is 5.91 Å². The molecule has 6 rings (SSSR count). The van der Waals surface area contributed by atoms with Gasteiger partial charge in [-0.15, -0.1) is 5.10 Å². The molecule has 0 unspecified atom stereocenters. The lowest BCUT2D eigenvalue weighted by Crippen LogP contribution is -2.36. The molecule has 0 radical (unpaired) electrons. The van der Waals surface area contributed by atoms with Crippen LogP contribution in [-0.4, -0.2) is 86.5 Å². The number of likely N-dealkylation sites (N-methyl/N-ethyl adjacent to an activating group) is 1. The van der Waals surface area contributed by atoms with Crippen LogP contribution >= 0.6 is 11.6 Å². The summed E-state index contributed by atoms with van der Waals surface area (Å²) in [5.41, 5.74) is 2.35. The Bertz CT molecular complexity index is 1410. The molecule has 11 nitrogen and oxygen atoms in total. The Balaban J connectivity index is 1.11. The first-order valence-corrected chi connectivity index (χ1v) is 15.0. The number of nitrogens with one attached hydrogen (secondary N) is 3. The average molecular weight is 580 g/mol. The van der Waals surface area contributed by atoms with Crippen LogP contribution < -0.4 is 16.0 Å². The zero-order valence-corrected chi connectivity index (χ0v) is 24.4. The molecule has 3 fully saturated rings. The topological polar surface area (TPSA) is 120 Å². The van der Waals surface area contributed by atoms with Gasteiger partial charge >= 0.3 is 0 Å². The van der Waals surface area contributed by atoms with Crippen molar-refractivity contribution in [2.75, 3.05) is 43.1 Å². The van der Waals surface area contributed by atoms with E-state index < -0.39 is 0 Å². The van der Waals surface area contributed by atoms with E-state index in [9.17, 15) is 9.59 Å². The third-order valence-electron chi connectivity index (χ3n) is 8.53. The van der Waals surface area contributed by atoms with E-state index in [0.717, 1.165) is 63.7 Å². The number of hydrogen-bond acceptors (Lipinski definition) is 8. The van der Waals surface area contributed by atoms with Crippen LogP contribution in [0.3, 0.4) is 0 Å². The summed E-state index contributed by atoms with van der Waals surface area (Å²) in [5, 5.41) is 15.1. The van der Waals surface area contributed by atoms with Crippen molar-refractivity contribution in [3.05, 3.63) is 41.4 Å². The molecule has 1 saturated heterocycles. The third kappa shape index (κ3) is 6.56. The molecule has 0 aromatic carbocycles. The second-order valence-corrected chi connectivity index (χ2v) is 12.3. The summed E-state index contributed by atoms with van der Waals surface area (Å²) in [4.78, 5) is 38.8. The molecule has 0 spiro atoms.